The first-order valence-electron chi connectivity index (χ1n) is 5.62. The third-order valence-corrected chi connectivity index (χ3v) is 5.48. The molecule has 0 bridgehead atoms. The van der Waals surface area contributed by atoms with Gasteiger partial charge >= 0.3 is 10.8 Å². The normalized spacial score (nSPS) is 11.7. The fourth-order valence-electron chi connectivity index (χ4n) is 1.51. The van der Waals surface area contributed by atoms with E-state index in [2.05, 4.69) is 20.0 Å². The number of aromatic nitrogens is 4. The lowest BCUT2D eigenvalue weighted by atomic mass is 10.5. The number of aromatic carboxylic acids is 1. The van der Waals surface area contributed by atoms with Crippen molar-refractivity contribution in [2.24, 2.45) is 0 Å². The van der Waals surface area contributed by atoms with Crippen LogP contribution < -0.4 is 9.60 Å². The zero-order chi connectivity index (χ0) is 15.6. The van der Waals surface area contributed by atoms with Crippen molar-refractivity contribution in [1.29, 1.82) is 0 Å². The van der Waals surface area contributed by atoms with Crippen LogP contribution in [0, 0.1) is 6.92 Å². The van der Waals surface area contributed by atoms with Gasteiger partial charge in [-0.05, 0) is 6.92 Å². The van der Waals surface area contributed by atoms with Crippen molar-refractivity contribution in [3.05, 3.63) is 27.3 Å². The van der Waals surface area contributed by atoms with Gasteiger partial charge in [-0.15, -0.1) is 5.10 Å². The van der Waals surface area contributed by atoms with Crippen LogP contribution in [0.1, 0.15) is 16.2 Å². The van der Waals surface area contributed by atoms with E-state index < -0.39 is 20.9 Å². The van der Waals surface area contributed by atoms with Gasteiger partial charge in [-0.3, -0.25) is 9.48 Å². The summed E-state index contributed by atoms with van der Waals surface area (Å²) in [5.41, 5.74) is 0.0453. The third kappa shape index (κ3) is 3.53. The zero-order valence-corrected chi connectivity index (χ0v) is 12.4. The summed E-state index contributed by atoms with van der Waals surface area (Å²) < 4.78 is 27.4. The summed E-state index contributed by atoms with van der Waals surface area (Å²) in [6.07, 6.45) is 1.19. The van der Waals surface area contributed by atoms with Gasteiger partial charge in [-0.2, -0.15) is 0 Å². The van der Waals surface area contributed by atoms with Crippen molar-refractivity contribution in [2.75, 3.05) is 6.54 Å². The first-order valence-corrected chi connectivity index (χ1v) is 7.92. The van der Waals surface area contributed by atoms with Crippen LogP contribution in [0.15, 0.2) is 15.2 Å². The van der Waals surface area contributed by atoms with Gasteiger partial charge in [0.05, 0.1) is 12.7 Å². The van der Waals surface area contributed by atoms with E-state index >= 15 is 0 Å². The van der Waals surface area contributed by atoms with Gasteiger partial charge in [0.15, 0.2) is 9.90 Å². The predicted molar refractivity (Wildman–Crippen MR) is 71.8 cm³/mol. The molecule has 0 saturated heterocycles. The molecule has 0 aromatic carbocycles. The lowest BCUT2D eigenvalue weighted by Crippen LogP contribution is -2.27. The Balaban J connectivity index is 2.00. The van der Waals surface area contributed by atoms with E-state index in [1.54, 1.807) is 0 Å². The number of hydrogen-bond donors (Lipinski definition) is 3. The van der Waals surface area contributed by atoms with Gasteiger partial charge in [-0.25, -0.2) is 17.9 Å². The molecule has 3 N–H and O–H groups in total. The number of thiazole rings is 1. The Kier molecular flexibility index (Phi) is 4.20. The molecule has 12 heteroatoms. The fourth-order valence-corrected chi connectivity index (χ4v) is 3.88. The summed E-state index contributed by atoms with van der Waals surface area (Å²) in [5, 5.41) is 15.6. The van der Waals surface area contributed by atoms with Gasteiger partial charge in [0.25, 0.3) is 10.0 Å². The standard InChI is InChI=1S/C9H11N5O5S2/c1-5-8(20-9(17)11-5)21(18,19)10-2-3-14-4-6(7(15)16)12-13-14/h4,10H,2-3H2,1H3,(H,11,17)(H,15,16). The summed E-state index contributed by atoms with van der Waals surface area (Å²) >= 11 is 0.602. The number of aryl methyl sites for hydroxylation is 1. The van der Waals surface area contributed by atoms with Crippen LogP contribution in [0.25, 0.3) is 0 Å². The second-order valence-corrected chi connectivity index (χ2v) is 6.94. The van der Waals surface area contributed by atoms with Crippen LogP contribution >= 0.6 is 11.3 Å². The molecule has 0 aliphatic heterocycles. The van der Waals surface area contributed by atoms with E-state index in [1.807, 2.05) is 0 Å². The van der Waals surface area contributed by atoms with Crippen molar-refractivity contribution >= 4 is 27.3 Å². The maximum absolute atomic E-state index is 12.0. The lowest BCUT2D eigenvalue weighted by Gasteiger charge is -2.04. The predicted octanol–water partition coefficient (Wildman–Crippen LogP) is -0.987. The van der Waals surface area contributed by atoms with Crippen molar-refractivity contribution in [3.63, 3.8) is 0 Å². The summed E-state index contributed by atoms with van der Waals surface area (Å²) in [6, 6.07) is 0. The maximum atomic E-state index is 12.0. The van der Waals surface area contributed by atoms with E-state index in [-0.39, 0.29) is 28.7 Å². The molecule has 2 rings (SSSR count). The second kappa shape index (κ2) is 5.75. The van der Waals surface area contributed by atoms with Crippen LogP contribution in [0.2, 0.25) is 0 Å². The van der Waals surface area contributed by atoms with Crippen molar-refractivity contribution in [3.8, 4) is 0 Å². The van der Waals surface area contributed by atoms with E-state index in [1.165, 1.54) is 17.8 Å². The van der Waals surface area contributed by atoms with Crippen LogP contribution in [0.3, 0.4) is 0 Å². The number of nitrogens with one attached hydrogen (secondary N) is 2. The Morgan fingerprint density at radius 3 is 2.81 bits per heavy atom. The number of carboxylic acids is 1. The Bertz CT molecular complexity index is 818. The van der Waals surface area contributed by atoms with Crippen LogP contribution in [0.5, 0.6) is 0 Å². The van der Waals surface area contributed by atoms with E-state index in [9.17, 15) is 18.0 Å². The molecule has 0 aliphatic carbocycles. The number of aromatic amines is 1. The quantitative estimate of drug-likeness (QED) is 0.615. The summed E-state index contributed by atoms with van der Waals surface area (Å²) in [4.78, 5) is 23.7. The molecular weight excluding hydrogens is 322 g/mol. The monoisotopic (exact) mass is 333 g/mol. The number of hydrogen-bond acceptors (Lipinski definition) is 7. The van der Waals surface area contributed by atoms with Crippen LogP contribution in [0.4, 0.5) is 0 Å². The average Bonchev–Trinajstić information content (AvgIpc) is 2.96. The molecule has 10 nitrogen and oxygen atoms in total. The molecule has 0 amide bonds. The smallest absolute Gasteiger partial charge is 0.358 e. The van der Waals surface area contributed by atoms with Crippen molar-refractivity contribution in [1.82, 2.24) is 24.7 Å². The number of H-pyrrole nitrogens is 1. The third-order valence-electron chi connectivity index (χ3n) is 2.42. The molecule has 2 aromatic rings. The highest BCUT2D eigenvalue weighted by Crippen LogP contribution is 2.14. The Labute approximate surface area is 122 Å². The van der Waals surface area contributed by atoms with Crippen LogP contribution in [-0.2, 0) is 16.6 Å². The minimum atomic E-state index is -3.79. The molecule has 0 spiro atoms. The van der Waals surface area contributed by atoms with Crippen molar-refractivity contribution < 1.29 is 18.3 Å². The molecule has 0 aliphatic rings. The highest BCUT2D eigenvalue weighted by Gasteiger charge is 2.20. The highest BCUT2D eigenvalue weighted by atomic mass is 32.2. The molecule has 0 unspecified atom stereocenters. The van der Waals surface area contributed by atoms with Gasteiger partial charge < -0.3 is 10.1 Å². The number of carboxylic acid groups (broad SMARTS) is 1. The molecule has 2 heterocycles. The topological polar surface area (TPSA) is 147 Å². The molecule has 0 radical (unpaired) electrons. The van der Waals surface area contributed by atoms with E-state index in [4.69, 9.17) is 5.11 Å². The van der Waals surface area contributed by atoms with Gasteiger partial charge in [0.2, 0.25) is 0 Å². The second-order valence-electron chi connectivity index (χ2n) is 4.00. The Hall–Kier alpha value is -2.05. The van der Waals surface area contributed by atoms with E-state index in [0.717, 1.165) is 0 Å². The highest BCUT2D eigenvalue weighted by molar-refractivity contribution is 7.91. The molecule has 0 atom stereocenters. The lowest BCUT2D eigenvalue weighted by molar-refractivity contribution is 0.0690. The zero-order valence-electron chi connectivity index (χ0n) is 10.7. The molecule has 2 aromatic heterocycles. The molecule has 114 valence electrons. The average molecular weight is 333 g/mol. The Morgan fingerprint density at radius 1 is 1.57 bits per heavy atom. The Morgan fingerprint density at radius 2 is 2.29 bits per heavy atom. The first kappa shape index (κ1) is 15.3. The van der Waals surface area contributed by atoms with Gasteiger partial charge in [0, 0.05) is 12.2 Å². The fraction of sp³-hybridized carbons (Fsp3) is 0.333. The molecule has 0 saturated carbocycles. The number of sulfonamides is 1. The van der Waals surface area contributed by atoms with Gasteiger partial charge in [0.1, 0.15) is 0 Å². The SMILES string of the molecule is Cc1[nH]c(=O)sc1S(=O)(=O)NCCn1cc(C(=O)O)nn1. The number of nitrogens with zero attached hydrogens (tertiary/aromatic N) is 3. The molecular formula is C9H11N5O5S2. The number of rotatable bonds is 6. The largest absolute Gasteiger partial charge is 0.476 e. The minimum Gasteiger partial charge on any atom is -0.476 e. The summed E-state index contributed by atoms with van der Waals surface area (Å²) in [6.45, 7) is 1.58. The van der Waals surface area contributed by atoms with E-state index in [0.29, 0.717) is 11.3 Å². The molecule has 0 fully saturated rings. The maximum Gasteiger partial charge on any atom is 0.358 e. The van der Waals surface area contributed by atoms with Crippen LogP contribution in [-0.4, -0.2) is 46.0 Å². The van der Waals surface area contributed by atoms with Gasteiger partial charge in [-0.1, -0.05) is 16.6 Å². The molecule has 21 heavy (non-hydrogen) atoms. The summed E-state index contributed by atoms with van der Waals surface area (Å²) in [7, 11) is -3.79. The first-order chi connectivity index (χ1) is 9.79. The number of carbonyl (C=O) groups is 1. The summed E-state index contributed by atoms with van der Waals surface area (Å²) in [5.74, 6) is -1.21. The van der Waals surface area contributed by atoms with Crippen molar-refractivity contribution in [2.45, 2.75) is 17.7 Å². The minimum absolute atomic E-state index is 0.0176.